The monoisotopic (exact) mass is 539 g/mol. The molecule has 9 heteroatoms. The molecule has 1 N–H and O–H groups in total. The van der Waals surface area contributed by atoms with Gasteiger partial charge in [-0.3, -0.25) is 0 Å². The fraction of sp³-hybridized carbons (Fsp3) is 0.290. The van der Waals surface area contributed by atoms with Gasteiger partial charge in [-0.25, -0.2) is 24.1 Å². The normalized spacial score (nSPS) is 13.8. The van der Waals surface area contributed by atoms with Crippen molar-refractivity contribution in [2.75, 3.05) is 18.4 Å². The summed E-state index contributed by atoms with van der Waals surface area (Å²) in [5.74, 6) is 6.86. The van der Waals surface area contributed by atoms with E-state index in [-0.39, 0.29) is 18.0 Å². The summed E-state index contributed by atoms with van der Waals surface area (Å²) in [4.78, 5) is 27.5. The SMILES string of the molecule is CC(C)(C)OC(=O)N1CCC(Oc2cc3nc(Nc4cccc(F)c4)ncc3cc2C#Cc2ccccn2)CC1. The molecule has 0 aliphatic carbocycles. The second-order valence-electron chi connectivity index (χ2n) is 10.5. The van der Waals surface area contributed by atoms with E-state index in [1.54, 1.807) is 29.4 Å². The quantitative estimate of drug-likeness (QED) is 0.314. The van der Waals surface area contributed by atoms with Gasteiger partial charge >= 0.3 is 6.09 Å². The van der Waals surface area contributed by atoms with E-state index < -0.39 is 5.60 Å². The second kappa shape index (κ2) is 11.6. The Hall–Kier alpha value is -4.71. The number of carbonyl (C=O) groups is 1. The lowest BCUT2D eigenvalue weighted by atomic mass is 10.1. The number of amides is 1. The van der Waals surface area contributed by atoms with Crippen LogP contribution in [0.5, 0.6) is 5.75 Å². The number of benzene rings is 2. The highest BCUT2D eigenvalue weighted by Crippen LogP contribution is 2.29. The van der Waals surface area contributed by atoms with E-state index in [0.29, 0.717) is 60.1 Å². The Morgan fingerprint density at radius 2 is 1.88 bits per heavy atom. The first-order valence-corrected chi connectivity index (χ1v) is 13.1. The number of likely N-dealkylation sites (tertiary alicyclic amines) is 1. The van der Waals surface area contributed by atoms with E-state index in [1.807, 2.05) is 51.1 Å². The number of fused-ring (bicyclic) bond motifs is 1. The highest BCUT2D eigenvalue weighted by atomic mass is 19.1. The van der Waals surface area contributed by atoms with Crippen molar-refractivity contribution in [3.63, 3.8) is 0 Å². The molecule has 204 valence electrons. The summed E-state index contributed by atoms with van der Waals surface area (Å²) in [5.41, 5.74) is 1.98. The Morgan fingerprint density at radius 3 is 2.60 bits per heavy atom. The smallest absolute Gasteiger partial charge is 0.410 e. The van der Waals surface area contributed by atoms with Crippen LogP contribution in [0.2, 0.25) is 0 Å². The molecule has 1 fully saturated rings. The van der Waals surface area contributed by atoms with E-state index in [4.69, 9.17) is 9.47 Å². The number of pyridine rings is 1. The molecule has 1 aliphatic heterocycles. The van der Waals surface area contributed by atoms with Crippen molar-refractivity contribution in [3.05, 3.63) is 84.1 Å². The Labute approximate surface area is 232 Å². The number of ether oxygens (including phenoxy) is 2. The average molecular weight is 540 g/mol. The van der Waals surface area contributed by atoms with Crippen molar-refractivity contribution in [1.29, 1.82) is 0 Å². The summed E-state index contributed by atoms with van der Waals surface area (Å²) in [5, 5.41) is 3.82. The molecule has 0 spiro atoms. The molecule has 4 aromatic rings. The fourth-order valence-electron chi connectivity index (χ4n) is 4.24. The number of anilines is 2. The first-order valence-electron chi connectivity index (χ1n) is 13.1. The van der Waals surface area contributed by atoms with Crippen molar-refractivity contribution >= 4 is 28.6 Å². The van der Waals surface area contributed by atoms with Crippen LogP contribution < -0.4 is 10.1 Å². The predicted molar refractivity (Wildman–Crippen MR) is 151 cm³/mol. The van der Waals surface area contributed by atoms with Crippen LogP contribution in [-0.2, 0) is 4.74 Å². The number of rotatable bonds is 4. The predicted octanol–water partition coefficient (Wildman–Crippen LogP) is 6.09. The lowest BCUT2D eigenvalue weighted by Crippen LogP contribution is -2.44. The third kappa shape index (κ3) is 7.03. The van der Waals surface area contributed by atoms with Gasteiger partial charge in [-0.15, -0.1) is 0 Å². The van der Waals surface area contributed by atoms with Crippen LogP contribution in [0.15, 0.2) is 67.0 Å². The van der Waals surface area contributed by atoms with Crippen molar-refractivity contribution in [2.24, 2.45) is 0 Å². The van der Waals surface area contributed by atoms with Gasteiger partial charge in [0.15, 0.2) is 0 Å². The zero-order chi connectivity index (χ0) is 28.1. The van der Waals surface area contributed by atoms with Gasteiger partial charge in [0.2, 0.25) is 5.95 Å². The summed E-state index contributed by atoms with van der Waals surface area (Å²) in [6.45, 7) is 6.64. The first kappa shape index (κ1) is 26.9. The molecule has 5 rings (SSSR count). The lowest BCUT2D eigenvalue weighted by molar-refractivity contribution is 0.0126. The number of hydrogen-bond acceptors (Lipinski definition) is 7. The van der Waals surface area contributed by atoms with Gasteiger partial charge in [0, 0.05) is 55.5 Å². The zero-order valence-electron chi connectivity index (χ0n) is 22.6. The molecular weight excluding hydrogens is 509 g/mol. The number of hydrogen-bond donors (Lipinski definition) is 1. The molecule has 40 heavy (non-hydrogen) atoms. The molecule has 2 aromatic carbocycles. The fourth-order valence-corrected chi connectivity index (χ4v) is 4.24. The molecule has 8 nitrogen and oxygen atoms in total. The maximum Gasteiger partial charge on any atom is 0.410 e. The van der Waals surface area contributed by atoms with Gasteiger partial charge in [0.05, 0.1) is 11.1 Å². The maximum atomic E-state index is 13.6. The van der Waals surface area contributed by atoms with E-state index >= 15 is 0 Å². The summed E-state index contributed by atoms with van der Waals surface area (Å²) in [6.07, 6.45) is 4.27. The number of nitrogens with one attached hydrogen (secondary N) is 1. The number of nitrogens with zero attached hydrogens (tertiary/aromatic N) is 4. The van der Waals surface area contributed by atoms with Crippen LogP contribution >= 0.6 is 0 Å². The molecule has 0 unspecified atom stereocenters. The Morgan fingerprint density at radius 1 is 1.05 bits per heavy atom. The van der Waals surface area contributed by atoms with E-state index in [1.165, 1.54) is 12.1 Å². The molecule has 1 aliphatic rings. The van der Waals surface area contributed by atoms with Crippen LogP contribution in [-0.4, -0.2) is 50.7 Å². The third-order valence-corrected chi connectivity index (χ3v) is 6.14. The lowest BCUT2D eigenvalue weighted by Gasteiger charge is -2.33. The summed E-state index contributed by atoms with van der Waals surface area (Å²) in [7, 11) is 0. The van der Waals surface area contributed by atoms with Crippen molar-refractivity contribution in [2.45, 2.75) is 45.3 Å². The molecule has 0 saturated carbocycles. The number of piperidine rings is 1. The minimum absolute atomic E-state index is 0.113. The van der Waals surface area contributed by atoms with Crippen molar-refractivity contribution < 1.29 is 18.7 Å². The van der Waals surface area contributed by atoms with Gasteiger partial charge in [0.1, 0.15) is 29.0 Å². The van der Waals surface area contributed by atoms with Gasteiger partial charge in [-0.1, -0.05) is 18.1 Å². The molecular formula is C31H30FN5O3. The number of halogens is 1. The van der Waals surface area contributed by atoms with Gasteiger partial charge < -0.3 is 19.7 Å². The summed E-state index contributed by atoms with van der Waals surface area (Å²) >= 11 is 0. The van der Waals surface area contributed by atoms with Gasteiger partial charge in [0.25, 0.3) is 0 Å². The van der Waals surface area contributed by atoms with Crippen molar-refractivity contribution in [3.8, 4) is 17.6 Å². The molecule has 1 amide bonds. The van der Waals surface area contributed by atoms with Gasteiger partial charge in [-0.05, 0) is 63.1 Å². The molecule has 0 bridgehead atoms. The molecule has 1 saturated heterocycles. The Balaban J connectivity index is 1.40. The van der Waals surface area contributed by atoms with Crippen LogP contribution in [0.3, 0.4) is 0 Å². The second-order valence-corrected chi connectivity index (χ2v) is 10.5. The minimum Gasteiger partial charge on any atom is -0.489 e. The summed E-state index contributed by atoms with van der Waals surface area (Å²) < 4.78 is 25.6. The van der Waals surface area contributed by atoms with Crippen LogP contribution in [0, 0.1) is 17.7 Å². The first-order chi connectivity index (χ1) is 19.2. The number of aromatic nitrogens is 3. The molecule has 3 heterocycles. The van der Waals surface area contributed by atoms with Crippen LogP contribution in [0.1, 0.15) is 44.9 Å². The van der Waals surface area contributed by atoms with Crippen LogP contribution in [0.4, 0.5) is 20.8 Å². The van der Waals surface area contributed by atoms with Crippen molar-refractivity contribution in [1.82, 2.24) is 19.9 Å². The largest absolute Gasteiger partial charge is 0.489 e. The number of carbonyl (C=O) groups excluding carboxylic acids is 1. The highest BCUT2D eigenvalue weighted by Gasteiger charge is 2.28. The topological polar surface area (TPSA) is 89.5 Å². The minimum atomic E-state index is -0.541. The average Bonchev–Trinajstić information content (AvgIpc) is 2.92. The summed E-state index contributed by atoms with van der Waals surface area (Å²) in [6, 6.07) is 15.4. The highest BCUT2D eigenvalue weighted by molar-refractivity contribution is 5.83. The zero-order valence-corrected chi connectivity index (χ0v) is 22.6. The molecule has 2 aromatic heterocycles. The molecule has 0 radical (unpaired) electrons. The van der Waals surface area contributed by atoms with E-state index in [9.17, 15) is 9.18 Å². The maximum absolute atomic E-state index is 13.6. The van der Waals surface area contributed by atoms with E-state index in [2.05, 4.69) is 32.1 Å². The third-order valence-electron chi connectivity index (χ3n) is 6.14. The standard InChI is InChI=1S/C31H30FN5O3/c1-31(2,3)40-30(38)37-15-12-26(13-16-37)39-28-19-27-22(17-21(28)10-11-24-8-4-5-14-33-24)20-34-29(36-27)35-25-9-6-7-23(32)18-25/h4-9,14,17-20,26H,12-13,15-16H2,1-3H3,(H,34,35,36). The van der Waals surface area contributed by atoms with Gasteiger partial charge in [-0.2, -0.15) is 0 Å². The van der Waals surface area contributed by atoms with Crippen LogP contribution in [0.25, 0.3) is 10.9 Å². The van der Waals surface area contributed by atoms with E-state index in [0.717, 1.165) is 5.39 Å². The molecule has 0 atom stereocenters. The Kier molecular flexibility index (Phi) is 7.78. The Bertz CT molecular complexity index is 1570.